The molecule has 2 aromatic rings. The first-order chi connectivity index (χ1) is 10.0. The van der Waals surface area contributed by atoms with E-state index in [0.717, 1.165) is 25.1 Å². The van der Waals surface area contributed by atoms with Crippen LogP contribution < -0.4 is 10.1 Å². The van der Waals surface area contributed by atoms with Crippen molar-refractivity contribution in [3.05, 3.63) is 42.1 Å². The van der Waals surface area contributed by atoms with E-state index in [-0.39, 0.29) is 5.54 Å². The fourth-order valence-electron chi connectivity index (χ4n) is 1.81. The lowest BCUT2D eigenvalue weighted by Gasteiger charge is -2.19. The Morgan fingerprint density at radius 1 is 1.10 bits per heavy atom. The van der Waals surface area contributed by atoms with Gasteiger partial charge in [0.1, 0.15) is 5.75 Å². The Morgan fingerprint density at radius 3 is 2.52 bits per heavy atom. The molecule has 5 heteroatoms. The number of nitrogens with zero attached hydrogens (tertiary/aromatic N) is 2. The summed E-state index contributed by atoms with van der Waals surface area (Å²) in [5.74, 6) is 1.97. The van der Waals surface area contributed by atoms with Gasteiger partial charge in [-0.2, -0.15) is 0 Å². The smallest absolute Gasteiger partial charge is 0.253 e. The standard InChI is InChI=1S/C16H23N3O2/c1-16(2,3)17-11-7-10-14-18-19-15(21-14)12-20-13-8-5-4-6-9-13/h4-6,8-9,17H,7,10-12H2,1-3H3. The van der Waals surface area contributed by atoms with Crippen LogP contribution in [0.3, 0.4) is 0 Å². The zero-order valence-electron chi connectivity index (χ0n) is 12.9. The third kappa shape index (κ3) is 5.95. The molecule has 0 radical (unpaired) electrons. The summed E-state index contributed by atoms with van der Waals surface area (Å²) >= 11 is 0. The summed E-state index contributed by atoms with van der Waals surface area (Å²) in [4.78, 5) is 0. The Kier molecular flexibility index (Phi) is 5.33. The van der Waals surface area contributed by atoms with Crippen molar-refractivity contribution >= 4 is 0 Å². The molecule has 0 atom stereocenters. The summed E-state index contributed by atoms with van der Waals surface area (Å²) in [6.45, 7) is 7.69. The molecule has 0 unspecified atom stereocenters. The fraction of sp³-hybridized carbons (Fsp3) is 0.500. The first kappa shape index (κ1) is 15.5. The van der Waals surface area contributed by atoms with Gasteiger partial charge in [-0.05, 0) is 45.9 Å². The quantitative estimate of drug-likeness (QED) is 0.794. The number of benzene rings is 1. The van der Waals surface area contributed by atoms with Crippen LogP contribution in [0.2, 0.25) is 0 Å². The van der Waals surface area contributed by atoms with Gasteiger partial charge in [-0.3, -0.25) is 0 Å². The molecule has 1 aromatic heterocycles. The fourth-order valence-corrected chi connectivity index (χ4v) is 1.81. The normalized spacial score (nSPS) is 11.6. The molecule has 0 fully saturated rings. The second-order valence-electron chi connectivity index (χ2n) is 5.97. The van der Waals surface area contributed by atoms with E-state index < -0.39 is 0 Å². The SMILES string of the molecule is CC(C)(C)NCCCc1nnc(COc2ccccc2)o1. The summed E-state index contributed by atoms with van der Waals surface area (Å²) in [6, 6.07) is 9.60. The van der Waals surface area contributed by atoms with Crippen LogP contribution in [0.5, 0.6) is 5.75 Å². The minimum Gasteiger partial charge on any atom is -0.484 e. The number of hydrogen-bond donors (Lipinski definition) is 1. The molecule has 0 amide bonds. The molecule has 0 saturated heterocycles. The Bertz CT molecular complexity index is 532. The largest absolute Gasteiger partial charge is 0.484 e. The Labute approximate surface area is 125 Å². The van der Waals surface area contributed by atoms with E-state index in [1.807, 2.05) is 30.3 Å². The molecule has 0 aliphatic rings. The van der Waals surface area contributed by atoms with Gasteiger partial charge in [-0.25, -0.2) is 0 Å². The van der Waals surface area contributed by atoms with Gasteiger partial charge >= 0.3 is 0 Å². The Morgan fingerprint density at radius 2 is 1.81 bits per heavy atom. The minimum atomic E-state index is 0.142. The van der Waals surface area contributed by atoms with Gasteiger partial charge in [0, 0.05) is 12.0 Å². The lowest BCUT2D eigenvalue weighted by atomic mass is 10.1. The maximum atomic E-state index is 5.57. The van der Waals surface area contributed by atoms with Gasteiger partial charge in [0.15, 0.2) is 6.61 Å². The number of rotatable bonds is 7. The van der Waals surface area contributed by atoms with Crippen molar-refractivity contribution < 1.29 is 9.15 Å². The maximum absolute atomic E-state index is 5.57. The van der Waals surface area contributed by atoms with Crippen molar-refractivity contribution in [1.29, 1.82) is 0 Å². The van der Waals surface area contributed by atoms with Gasteiger partial charge in [0.05, 0.1) is 0 Å². The number of hydrogen-bond acceptors (Lipinski definition) is 5. The predicted octanol–water partition coefficient (Wildman–Crippen LogP) is 2.97. The summed E-state index contributed by atoms with van der Waals surface area (Å²) in [5.41, 5.74) is 0.142. The third-order valence-corrected chi connectivity index (χ3v) is 2.84. The third-order valence-electron chi connectivity index (χ3n) is 2.84. The van der Waals surface area contributed by atoms with Crippen LogP contribution in [0.4, 0.5) is 0 Å². The molecule has 0 aliphatic heterocycles. The summed E-state index contributed by atoms with van der Waals surface area (Å²) in [7, 11) is 0. The Balaban J connectivity index is 1.71. The van der Waals surface area contributed by atoms with E-state index in [4.69, 9.17) is 9.15 Å². The van der Waals surface area contributed by atoms with Crippen LogP contribution in [0.1, 0.15) is 39.0 Å². The van der Waals surface area contributed by atoms with E-state index in [1.54, 1.807) is 0 Å². The van der Waals surface area contributed by atoms with E-state index in [0.29, 0.717) is 18.4 Å². The lowest BCUT2D eigenvalue weighted by Crippen LogP contribution is -2.36. The van der Waals surface area contributed by atoms with Gasteiger partial charge in [-0.1, -0.05) is 18.2 Å². The van der Waals surface area contributed by atoms with Gasteiger partial charge in [0.25, 0.3) is 5.89 Å². The van der Waals surface area contributed by atoms with Crippen molar-refractivity contribution in [2.45, 2.75) is 45.8 Å². The summed E-state index contributed by atoms with van der Waals surface area (Å²) < 4.78 is 11.1. The average molecular weight is 289 g/mol. The number of nitrogens with one attached hydrogen (secondary N) is 1. The van der Waals surface area contributed by atoms with Crippen molar-refractivity contribution in [2.24, 2.45) is 0 Å². The topological polar surface area (TPSA) is 60.2 Å². The first-order valence-electron chi connectivity index (χ1n) is 7.27. The van der Waals surface area contributed by atoms with E-state index in [9.17, 15) is 0 Å². The average Bonchev–Trinajstić information content (AvgIpc) is 2.89. The predicted molar refractivity (Wildman–Crippen MR) is 81.1 cm³/mol. The summed E-state index contributed by atoms with van der Waals surface area (Å²) in [5, 5.41) is 11.5. The second-order valence-corrected chi connectivity index (χ2v) is 5.97. The molecule has 0 bridgehead atoms. The second kappa shape index (κ2) is 7.22. The number of ether oxygens (including phenoxy) is 1. The zero-order chi connectivity index (χ0) is 15.1. The molecule has 1 heterocycles. The van der Waals surface area contributed by atoms with Crippen molar-refractivity contribution in [2.75, 3.05) is 6.54 Å². The molecule has 21 heavy (non-hydrogen) atoms. The summed E-state index contributed by atoms with van der Waals surface area (Å²) in [6.07, 6.45) is 1.75. The van der Waals surface area contributed by atoms with Crippen molar-refractivity contribution in [1.82, 2.24) is 15.5 Å². The lowest BCUT2D eigenvalue weighted by molar-refractivity contribution is 0.258. The van der Waals surface area contributed by atoms with Crippen molar-refractivity contribution in [3.63, 3.8) is 0 Å². The van der Waals surface area contributed by atoms with E-state index in [2.05, 4.69) is 36.3 Å². The molecule has 0 spiro atoms. The van der Waals surface area contributed by atoms with Gasteiger partial charge in [-0.15, -0.1) is 10.2 Å². The van der Waals surface area contributed by atoms with E-state index >= 15 is 0 Å². The number of aryl methyl sites for hydroxylation is 1. The van der Waals surface area contributed by atoms with Crippen LogP contribution in [-0.2, 0) is 13.0 Å². The number of aromatic nitrogens is 2. The van der Waals surface area contributed by atoms with Crippen LogP contribution in [0, 0.1) is 0 Å². The highest BCUT2D eigenvalue weighted by Crippen LogP contribution is 2.11. The highest BCUT2D eigenvalue weighted by atomic mass is 16.5. The van der Waals surface area contributed by atoms with Gasteiger partial charge < -0.3 is 14.5 Å². The Hall–Kier alpha value is -1.88. The van der Waals surface area contributed by atoms with Crippen LogP contribution >= 0.6 is 0 Å². The minimum absolute atomic E-state index is 0.142. The number of para-hydroxylation sites is 1. The molecule has 5 nitrogen and oxygen atoms in total. The van der Waals surface area contributed by atoms with Crippen LogP contribution in [0.15, 0.2) is 34.7 Å². The molecule has 1 N–H and O–H groups in total. The van der Waals surface area contributed by atoms with Gasteiger partial charge in [0.2, 0.25) is 5.89 Å². The highest BCUT2D eigenvalue weighted by Gasteiger charge is 2.09. The van der Waals surface area contributed by atoms with E-state index in [1.165, 1.54) is 0 Å². The highest BCUT2D eigenvalue weighted by molar-refractivity contribution is 5.20. The molecule has 1 aromatic carbocycles. The van der Waals surface area contributed by atoms with Crippen LogP contribution in [0.25, 0.3) is 0 Å². The first-order valence-corrected chi connectivity index (χ1v) is 7.27. The monoisotopic (exact) mass is 289 g/mol. The maximum Gasteiger partial charge on any atom is 0.253 e. The zero-order valence-corrected chi connectivity index (χ0v) is 12.9. The molecule has 114 valence electrons. The van der Waals surface area contributed by atoms with Crippen LogP contribution in [-0.4, -0.2) is 22.3 Å². The molecule has 2 rings (SSSR count). The van der Waals surface area contributed by atoms with Crippen molar-refractivity contribution in [3.8, 4) is 5.75 Å². The molecule has 0 saturated carbocycles. The molecular weight excluding hydrogens is 266 g/mol. The molecule has 0 aliphatic carbocycles. The molecular formula is C16H23N3O2.